The van der Waals surface area contributed by atoms with Crippen molar-refractivity contribution in [3.8, 4) is 11.5 Å². The molecule has 0 radical (unpaired) electrons. The Kier molecular flexibility index (Phi) is 9.23. The molecule has 0 aliphatic rings. The van der Waals surface area contributed by atoms with Gasteiger partial charge in [0, 0.05) is 19.5 Å². The summed E-state index contributed by atoms with van der Waals surface area (Å²) < 4.78 is 24.2. The number of likely N-dealkylation sites (N-methyl/N-ethyl adjacent to an activating group) is 1. The minimum absolute atomic E-state index is 0.0617. The Labute approximate surface area is 205 Å². The fraction of sp³-hybridized carbons (Fsp3) is 0.286. The van der Waals surface area contributed by atoms with E-state index in [1.165, 1.54) is 19.2 Å². The van der Waals surface area contributed by atoms with E-state index < -0.39 is 6.04 Å². The predicted molar refractivity (Wildman–Crippen MR) is 133 cm³/mol. The molecule has 1 N–H and O–H groups in total. The third kappa shape index (κ3) is 7.06. The molecule has 184 valence electrons. The lowest BCUT2D eigenvalue weighted by molar-refractivity contribution is -0.140. The van der Waals surface area contributed by atoms with Crippen LogP contribution in [-0.2, 0) is 29.0 Å². The molecule has 35 heavy (non-hydrogen) atoms. The second-order valence-electron chi connectivity index (χ2n) is 8.11. The van der Waals surface area contributed by atoms with E-state index in [1.807, 2.05) is 37.3 Å². The van der Waals surface area contributed by atoms with Crippen molar-refractivity contribution in [2.75, 3.05) is 20.8 Å². The molecule has 0 unspecified atom stereocenters. The number of hydrogen-bond donors (Lipinski definition) is 1. The van der Waals surface area contributed by atoms with Gasteiger partial charge in [-0.15, -0.1) is 0 Å². The first kappa shape index (κ1) is 25.7. The zero-order chi connectivity index (χ0) is 25.2. The number of nitrogens with zero attached hydrogens (tertiary/aromatic N) is 1. The van der Waals surface area contributed by atoms with Crippen molar-refractivity contribution in [1.82, 2.24) is 10.2 Å². The molecule has 0 aromatic heterocycles. The van der Waals surface area contributed by atoms with E-state index in [-0.39, 0.29) is 30.6 Å². The quantitative estimate of drug-likeness (QED) is 0.449. The molecule has 0 fully saturated rings. The van der Waals surface area contributed by atoms with Crippen LogP contribution >= 0.6 is 0 Å². The second-order valence-corrected chi connectivity index (χ2v) is 8.11. The molecule has 0 aliphatic carbocycles. The number of nitrogens with one attached hydrogen (secondary N) is 1. The molecule has 0 heterocycles. The molecule has 3 aromatic carbocycles. The maximum atomic E-state index is 13.7. The van der Waals surface area contributed by atoms with E-state index in [0.29, 0.717) is 24.5 Å². The van der Waals surface area contributed by atoms with Crippen LogP contribution in [-0.4, -0.2) is 43.5 Å². The first-order valence-corrected chi connectivity index (χ1v) is 11.5. The van der Waals surface area contributed by atoms with Gasteiger partial charge in [-0.25, -0.2) is 4.39 Å². The molecule has 1 atom stereocenters. The number of carbonyl (C=O) groups excluding carboxylic acids is 2. The number of rotatable bonds is 11. The Morgan fingerprint density at radius 2 is 1.54 bits per heavy atom. The molecule has 2 amide bonds. The van der Waals surface area contributed by atoms with E-state index in [1.54, 1.807) is 42.3 Å². The smallest absolute Gasteiger partial charge is 0.243 e. The average molecular weight is 479 g/mol. The highest BCUT2D eigenvalue weighted by molar-refractivity contribution is 5.88. The van der Waals surface area contributed by atoms with Crippen molar-refractivity contribution in [3.63, 3.8) is 0 Å². The van der Waals surface area contributed by atoms with Crippen molar-refractivity contribution in [2.45, 2.75) is 32.4 Å². The van der Waals surface area contributed by atoms with E-state index in [2.05, 4.69) is 5.32 Å². The number of ether oxygens (including phenoxy) is 2. The SMILES string of the molecule is CCNC(=O)[C@@H](Cc1ccccc1)N(Cc1ccc(F)cc1)C(=O)Cc1ccc(OC)c(OC)c1. The lowest BCUT2D eigenvalue weighted by Gasteiger charge is -2.31. The highest BCUT2D eigenvalue weighted by Crippen LogP contribution is 2.28. The maximum absolute atomic E-state index is 13.7. The molecule has 0 saturated heterocycles. The number of halogens is 1. The lowest BCUT2D eigenvalue weighted by Crippen LogP contribution is -2.50. The Balaban J connectivity index is 1.95. The van der Waals surface area contributed by atoms with Crippen molar-refractivity contribution in [3.05, 3.63) is 95.3 Å². The van der Waals surface area contributed by atoms with Gasteiger partial charge in [-0.3, -0.25) is 9.59 Å². The van der Waals surface area contributed by atoms with Crippen LogP contribution in [0, 0.1) is 5.82 Å². The van der Waals surface area contributed by atoms with Crippen LogP contribution in [0.4, 0.5) is 4.39 Å². The van der Waals surface area contributed by atoms with Gasteiger partial charge in [0.15, 0.2) is 11.5 Å². The highest BCUT2D eigenvalue weighted by atomic mass is 19.1. The van der Waals surface area contributed by atoms with Crippen LogP contribution in [0.2, 0.25) is 0 Å². The summed E-state index contributed by atoms with van der Waals surface area (Å²) in [6.45, 7) is 2.45. The van der Waals surface area contributed by atoms with Gasteiger partial charge >= 0.3 is 0 Å². The third-order valence-electron chi connectivity index (χ3n) is 5.69. The molecule has 7 heteroatoms. The number of hydrogen-bond acceptors (Lipinski definition) is 4. The molecule has 3 rings (SSSR count). The summed E-state index contributed by atoms with van der Waals surface area (Å²) in [6.07, 6.45) is 0.414. The Bertz CT molecular complexity index is 1120. The summed E-state index contributed by atoms with van der Waals surface area (Å²) in [4.78, 5) is 28.4. The molecular weight excluding hydrogens is 447 g/mol. The second kappa shape index (κ2) is 12.6. The number of amides is 2. The largest absolute Gasteiger partial charge is 0.493 e. The van der Waals surface area contributed by atoms with Crippen LogP contribution in [0.5, 0.6) is 11.5 Å². The van der Waals surface area contributed by atoms with Gasteiger partial charge in [-0.05, 0) is 47.9 Å². The summed E-state index contributed by atoms with van der Waals surface area (Å²) in [5.74, 6) is 0.262. The zero-order valence-electron chi connectivity index (χ0n) is 20.3. The first-order valence-electron chi connectivity index (χ1n) is 11.5. The van der Waals surface area contributed by atoms with Crippen molar-refractivity contribution >= 4 is 11.8 Å². The minimum Gasteiger partial charge on any atom is -0.493 e. The Hall–Kier alpha value is -3.87. The van der Waals surface area contributed by atoms with E-state index in [4.69, 9.17) is 9.47 Å². The number of benzene rings is 3. The van der Waals surface area contributed by atoms with Gasteiger partial charge < -0.3 is 19.7 Å². The molecular formula is C28H31FN2O4. The third-order valence-corrected chi connectivity index (χ3v) is 5.69. The molecule has 0 aliphatic heterocycles. The molecule has 0 bridgehead atoms. The fourth-order valence-electron chi connectivity index (χ4n) is 3.90. The number of methoxy groups -OCH3 is 2. The van der Waals surface area contributed by atoms with Gasteiger partial charge in [0.25, 0.3) is 0 Å². The Morgan fingerprint density at radius 3 is 2.17 bits per heavy atom. The monoisotopic (exact) mass is 478 g/mol. The molecule has 0 saturated carbocycles. The summed E-state index contributed by atoms with van der Waals surface area (Å²) >= 11 is 0. The maximum Gasteiger partial charge on any atom is 0.243 e. The molecule has 3 aromatic rings. The van der Waals surface area contributed by atoms with Gasteiger partial charge in [0.05, 0.1) is 20.6 Å². The van der Waals surface area contributed by atoms with Crippen molar-refractivity contribution < 1.29 is 23.5 Å². The normalized spacial score (nSPS) is 11.4. The molecule has 6 nitrogen and oxygen atoms in total. The number of carbonyl (C=O) groups is 2. The summed E-state index contributed by atoms with van der Waals surface area (Å²) in [7, 11) is 3.09. The van der Waals surface area contributed by atoms with Gasteiger partial charge in [0.2, 0.25) is 11.8 Å². The van der Waals surface area contributed by atoms with Crippen LogP contribution < -0.4 is 14.8 Å². The summed E-state index contributed by atoms with van der Waals surface area (Å²) in [6, 6.07) is 20.1. The van der Waals surface area contributed by atoms with E-state index >= 15 is 0 Å². The standard InChI is InChI=1S/C28H31FN2O4/c1-4-30-28(33)24(16-20-8-6-5-7-9-20)31(19-21-10-13-23(29)14-11-21)27(32)18-22-12-15-25(34-2)26(17-22)35-3/h5-15,17,24H,4,16,18-19H2,1-3H3,(H,30,33)/t24-/m1/s1. The summed E-state index contributed by atoms with van der Waals surface area (Å²) in [5, 5.41) is 2.86. The van der Waals surface area contributed by atoms with Crippen LogP contribution in [0.25, 0.3) is 0 Å². The average Bonchev–Trinajstić information content (AvgIpc) is 2.87. The van der Waals surface area contributed by atoms with E-state index in [9.17, 15) is 14.0 Å². The lowest BCUT2D eigenvalue weighted by atomic mass is 10.0. The van der Waals surface area contributed by atoms with E-state index in [0.717, 1.165) is 16.7 Å². The molecule has 0 spiro atoms. The van der Waals surface area contributed by atoms with Crippen LogP contribution in [0.3, 0.4) is 0 Å². The van der Waals surface area contributed by atoms with Crippen LogP contribution in [0.15, 0.2) is 72.8 Å². The zero-order valence-corrected chi connectivity index (χ0v) is 20.3. The summed E-state index contributed by atoms with van der Waals surface area (Å²) in [5.41, 5.74) is 2.40. The fourth-order valence-corrected chi connectivity index (χ4v) is 3.90. The van der Waals surface area contributed by atoms with Gasteiger partial charge in [-0.1, -0.05) is 48.5 Å². The van der Waals surface area contributed by atoms with Gasteiger partial charge in [0.1, 0.15) is 11.9 Å². The minimum atomic E-state index is -0.741. The Morgan fingerprint density at radius 1 is 0.886 bits per heavy atom. The highest BCUT2D eigenvalue weighted by Gasteiger charge is 2.30. The van der Waals surface area contributed by atoms with Crippen molar-refractivity contribution in [1.29, 1.82) is 0 Å². The topological polar surface area (TPSA) is 67.9 Å². The first-order chi connectivity index (χ1) is 16.9. The van der Waals surface area contributed by atoms with Crippen molar-refractivity contribution in [2.24, 2.45) is 0 Å². The predicted octanol–water partition coefficient (Wildman–Crippen LogP) is 4.16. The van der Waals surface area contributed by atoms with Gasteiger partial charge in [-0.2, -0.15) is 0 Å². The van der Waals surface area contributed by atoms with Crippen LogP contribution in [0.1, 0.15) is 23.6 Å².